The van der Waals surface area contributed by atoms with E-state index < -0.39 is 0 Å². The molecule has 4 aromatic rings. The van der Waals surface area contributed by atoms with E-state index in [4.69, 9.17) is 17.3 Å². The van der Waals surface area contributed by atoms with Gasteiger partial charge in [0.15, 0.2) is 5.78 Å². The highest BCUT2D eigenvalue weighted by atomic mass is 35.5. The van der Waals surface area contributed by atoms with Gasteiger partial charge in [-0.05, 0) is 112 Å². The largest absolute Gasteiger partial charge is 0.399 e. The summed E-state index contributed by atoms with van der Waals surface area (Å²) in [5.74, 6) is 0.131. The molecule has 1 aliphatic heterocycles. The van der Waals surface area contributed by atoms with Gasteiger partial charge in [-0.25, -0.2) is 0 Å². The molecule has 3 aliphatic rings. The molecular weight excluding hydrogens is 512 g/mol. The van der Waals surface area contributed by atoms with Gasteiger partial charge in [0.1, 0.15) is 0 Å². The van der Waals surface area contributed by atoms with Crippen LogP contribution in [-0.2, 0) is 12.8 Å². The Kier molecular flexibility index (Phi) is 7.15. The van der Waals surface area contributed by atoms with Crippen molar-refractivity contribution in [2.45, 2.75) is 32.6 Å². The molecule has 0 bridgehead atoms. The third-order valence-electron chi connectivity index (χ3n) is 7.92. The zero-order valence-electron chi connectivity index (χ0n) is 22.5. The van der Waals surface area contributed by atoms with Crippen molar-refractivity contribution in [1.29, 1.82) is 0 Å². The van der Waals surface area contributed by atoms with Gasteiger partial charge >= 0.3 is 0 Å². The number of carbonyl (C=O) groups excluding carboxylic acids is 1. The van der Waals surface area contributed by atoms with Crippen molar-refractivity contribution in [3.63, 3.8) is 0 Å². The van der Waals surface area contributed by atoms with E-state index in [0.717, 1.165) is 63.5 Å². The van der Waals surface area contributed by atoms with Crippen LogP contribution in [0.4, 0.5) is 11.4 Å². The molecule has 4 aromatic carbocycles. The second kappa shape index (κ2) is 11.0. The van der Waals surface area contributed by atoms with Crippen LogP contribution in [0.15, 0.2) is 91.1 Å². The van der Waals surface area contributed by atoms with Crippen molar-refractivity contribution in [2.24, 2.45) is 0 Å². The van der Waals surface area contributed by atoms with Crippen LogP contribution in [0.25, 0.3) is 17.7 Å². The van der Waals surface area contributed by atoms with E-state index in [1.54, 1.807) is 0 Å². The number of halogens is 1. The normalized spacial score (nSPS) is 14.2. The molecule has 0 aromatic heterocycles. The van der Waals surface area contributed by atoms with Crippen LogP contribution in [0.5, 0.6) is 0 Å². The second-order valence-corrected chi connectivity index (χ2v) is 10.8. The summed E-state index contributed by atoms with van der Waals surface area (Å²) < 4.78 is 0. The van der Waals surface area contributed by atoms with Gasteiger partial charge in [-0.2, -0.15) is 0 Å². The number of nitrogen functional groups attached to an aromatic ring is 1. The van der Waals surface area contributed by atoms with Crippen LogP contribution in [0, 0.1) is 17.4 Å². The molecule has 3 N–H and O–H groups in total. The monoisotopic (exact) mass is 542 g/mol. The predicted molar refractivity (Wildman–Crippen MR) is 167 cm³/mol. The smallest absolute Gasteiger partial charge is 0.189 e. The van der Waals surface area contributed by atoms with Crippen molar-refractivity contribution in [2.75, 3.05) is 11.1 Å². The van der Waals surface area contributed by atoms with Crippen LogP contribution in [0.1, 0.15) is 45.5 Å². The van der Waals surface area contributed by atoms with Crippen LogP contribution < -0.4 is 21.5 Å². The van der Waals surface area contributed by atoms with Gasteiger partial charge in [0.2, 0.25) is 0 Å². The van der Waals surface area contributed by atoms with Gasteiger partial charge < -0.3 is 11.1 Å². The van der Waals surface area contributed by atoms with Crippen molar-refractivity contribution >= 4 is 46.5 Å². The number of benzene rings is 4. The number of carbonyl (C=O) groups is 1. The molecular formula is C36H31ClN2O. The maximum absolute atomic E-state index is 13.4. The minimum atomic E-state index is 0.131. The molecule has 40 heavy (non-hydrogen) atoms. The summed E-state index contributed by atoms with van der Waals surface area (Å²) in [7, 11) is 0. The molecule has 198 valence electrons. The molecule has 0 unspecified atom stereocenters. The Morgan fingerprint density at radius 2 is 1.73 bits per heavy atom. The lowest BCUT2D eigenvalue weighted by molar-refractivity contribution is 0.105. The fraction of sp³-hybridized carbons (Fsp3) is 0.139. The number of hydrogen-bond acceptors (Lipinski definition) is 3. The maximum Gasteiger partial charge on any atom is 0.189 e. The summed E-state index contributed by atoms with van der Waals surface area (Å²) in [6.07, 6.45) is 14.0. The molecule has 0 fully saturated rings. The average Bonchev–Trinajstić information content (AvgIpc) is 3.22. The molecule has 7 rings (SSSR count). The topological polar surface area (TPSA) is 55.1 Å². The number of rotatable bonds is 2. The summed E-state index contributed by atoms with van der Waals surface area (Å²) >= 11 is 6.42. The van der Waals surface area contributed by atoms with Gasteiger partial charge in [-0.3, -0.25) is 4.79 Å². The van der Waals surface area contributed by atoms with Crippen LogP contribution in [-0.4, -0.2) is 5.78 Å². The third kappa shape index (κ3) is 4.89. The molecule has 0 saturated carbocycles. The highest BCUT2D eigenvalue weighted by Crippen LogP contribution is 2.25. The Balaban J connectivity index is 0.000000219. The summed E-state index contributed by atoms with van der Waals surface area (Å²) in [5.41, 5.74) is 14.3. The van der Waals surface area contributed by atoms with E-state index in [1.807, 2.05) is 67.7 Å². The molecule has 0 spiro atoms. The fourth-order valence-electron chi connectivity index (χ4n) is 5.97. The Bertz CT molecular complexity index is 1930. The lowest BCUT2D eigenvalue weighted by Crippen LogP contribution is -2.26. The van der Waals surface area contributed by atoms with Crippen molar-refractivity contribution in [3.8, 4) is 0 Å². The summed E-state index contributed by atoms with van der Waals surface area (Å²) in [5, 5.41) is 8.66. The SMILES string of the molecule is C1=CNc2ccccc2C=C1.Cc1cc(N)ccc1C(=O)C1=c2ccc3c(c2CCC1)CC=c1c(Cl)cccc1=3. The first-order valence-electron chi connectivity index (χ1n) is 13.7. The van der Waals surface area contributed by atoms with Crippen LogP contribution in [0.2, 0.25) is 5.02 Å². The molecule has 4 heteroatoms. The molecule has 0 amide bonds. The zero-order chi connectivity index (χ0) is 27.6. The van der Waals surface area contributed by atoms with Gasteiger partial charge in [0.25, 0.3) is 0 Å². The Morgan fingerprint density at radius 1 is 0.875 bits per heavy atom. The number of para-hydroxylation sites is 1. The van der Waals surface area contributed by atoms with E-state index in [2.05, 4.69) is 47.8 Å². The minimum Gasteiger partial charge on any atom is -0.399 e. The third-order valence-corrected chi connectivity index (χ3v) is 8.24. The number of hydrogen-bond donors (Lipinski definition) is 2. The maximum atomic E-state index is 13.4. The number of anilines is 2. The molecule has 2 aliphatic carbocycles. The average molecular weight is 543 g/mol. The standard InChI is InChI=1S/C26H22ClNO.C10H9N/c1-15-14-16(28)8-9-17(15)26(29)24-6-2-4-18-20-12-13-23-19(5-3-7-25(23)27)21(20)10-11-22(18)24;1-2-7-10-9(5-1)6-3-4-8-11-10/h3,5,7-11,13-14H,2,4,6,12,28H2,1H3;1-8,11H. The number of Topliss-reactive ketones (excluding diaryl/α,β-unsaturated/α-hetero) is 1. The van der Waals surface area contributed by atoms with Crippen molar-refractivity contribution in [3.05, 3.63) is 145 Å². The number of fused-ring (bicyclic) bond motifs is 5. The first-order chi connectivity index (χ1) is 19.5. The van der Waals surface area contributed by atoms with Crippen LogP contribution in [0.3, 0.4) is 0 Å². The molecule has 3 nitrogen and oxygen atoms in total. The minimum absolute atomic E-state index is 0.131. The lowest BCUT2D eigenvalue weighted by atomic mass is 9.83. The molecule has 1 heterocycles. The molecule has 0 atom stereocenters. The first kappa shape index (κ1) is 25.9. The summed E-state index contributed by atoms with van der Waals surface area (Å²) in [6.45, 7) is 1.95. The van der Waals surface area contributed by atoms with Gasteiger partial charge in [0.05, 0.1) is 0 Å². The number of nitrogens with two attached hydrogens (primary N) is 1. The van der Waals surface area contributed by atoms with E-state index in [9.17, 15) is 4.79 Å². The summed E-state index contributed by atoms with van der Waals surface area (Å²) in [6, 6.07) is 24.2. The number of ketones is 1. The fourth-order valence-corrected chi connectivity index (χ4v) is 6.23. The Labute approximate surface area is 239 Å². The van der Waals surface area contributed by atoms with E-state index >= 15 is 0 Å². The van der Waals surface area contributed by atoms with Crippen molar-refractivity contribution in [1.82, 2.24) is 0 Å². The highest BCUT2D eigenvalue weighted by Gasteiger charge is 2.22. The Morgan fingerprint density at radius 3 is 2.60 bits per heavy atom. The number of allylic oxidation sites excluding steroid dienone is 2. The quantitative estimate of drug-likeness (QED) is 0.215. The second-order valence-electron chi connectivity index (χ2n) is 10.4. The van der Waals surface area contributed by atoms with Gasteiger partial charge in [-0.1, -0.05) is 72.3 Å². The van der Waals surface area contributed by atoms with Gasteiger partial charge in [0, 0.05) is 33.7 Å². The summed E-state index contributed by atoms with van der Waals surface area (Å²) in [4.78, 5) is 13.4. The van der Waals surface area contributed by atoms with E-state index in [1.165, 1.54) is 27.1 Å². The number of nitrogens with one attached hydrogen (secondary N) is 1. The first-order valence-corrected chi connectivity index (χ1v) is 14.1. The van der Waals surface area contributed by atoms with E-state index in [0.29, 0.717) is 5.69 Å². The number of aryl methyl sites for hydroxylation is 1. The van der Waals surface area contributed by atoms with Gasteiger partial charge in [-0.15, -0.1) is 0 Å². The molecule has 0 radical (unpaired) electrons. The molecule has 0 saturated heterocycles. The Hall–Kier alpha value is -4.34. The van der Waals surface area contributed by atoms with Crippen LogP contribution >= 0.6 is 11.6 Å². The van der Waals surface area contributed by atoms with E-state index in [-0.39, 0.29) is 5.78 Å². The predicted octanol–water partition coefficient (Wildman–Crippen LogP) is 6.86. The zero-order valence-corrected chi connectivity index (χ0v) is 23.3. The lowest BCUT2D eigenvalue weighted by Gasteiger charge is -2.20. The highest BCUT2D eigenvalue weighted by molar-refractivity contribution is 6.30. The van der Waals surface area contributed by atoms with Crippen molar-refractivity contribution < 1.29 is 4.79 Å².